The molecule has 2 N–H and O–H groups in total. The summed E-state index contributed by atoms with van der Waals surface area (Å²) in [5.41, 5.74) is 1.11. The summed E-state index contributed by atoms with van der Waals surface area (Å²) in [6.45, 7) is 2.34. The summed E-state index contributed by atoms with van der Waals surface area (Å²) >= 11 is 0. The number of nitrogens with one attached hydrogen (secondary N) is 2. The minimum absolute atomic E-state index is 0. The van der Waals surface area contributed by atoms with E-state index in [1.165, 1.54) is 0 Å². The maximum absolute atomic E-state index is 4.18. The molecule has 0 spiro atoms. The lowest BCUT2D eigenvalue weighted by Gasteiger charge is -2.12. The molecule has 2 aromatic rings. The number of hydrogen-bond acceptors (Lipinski definition) is 3. The first kappa shape index (κ1) is 16.5. The average molecular weight is 389 g/mol. The summed E-state index contributed by atoms with van der Waals surface area (Å²) in [5, 5.41) is 10.6. The first-order chi connectivity index (χ1) is 9.29. The van der Waals surface area contributed by atoms with Gasteiger partial charge in [-0.2, -0.15) is 5.10 Å². The van der Waals surface area contributed by atoms with Crippen molar-refractivity contribution in [2.24, 2.45) is 12.0 Å². The number of rotatable bonds is 5. The van der Waals surface area contributed by atoms with Crippen molar-refractivity contribution in [2.45, 2.75) is 13.1 Å². The highest BCUT2D eigenvalue weighted by atomic mass is 127. The van der Waals surface area contributed by atoms with Gasteiger partial charge in [-0.3, -0.25) is 9.67 Å². The van der Waals surface area contributed by atoms with Crippen molar-refractivity contribution in [3.05, 3.63) is 36.7 Å². The summed E-state index contributed by atoms with van der Waals surface area (Å²) in [6.07, 6.45) is 7.29. The molecule has 0 radical (unpaired) electrons. The van der Waals surface area contributed by atoms with Gasteiger partial charge in [-0.1, -0.05) is 0 Å². The third-order valence-electron chi connectivity index (χ3n) is 2.80. The predicted molar refractivity (Wildman–Crippen MR) is 89.1 cm³/mol. The van der Waals surface area contributed by atoms with Crippen LogP contribution in [0.4, 0.5) is 0 Å². The highest BCUT2D eigenvalue weighted by molar-refractivity contribution is 14.0. The molecule has 2 aromatic heterocycles. The zero-order valence-corrected chi connectivity index (χ0v) is 14.0. The Labute approximate surface area is 135 Å². The van der Waals surface area contributed by atoms with Crippen LogP contribution in [0.5, 0.6) is 0 Å². The normalized spacial score (nSPS) is 11.0. The van der Waals surface area contributed by atoms with Gasteiger partial charge in [-0.25, -0.2) is 4.98 Å². The first-order valence-corrected chi connectivity index (χ1v) is 6.16. The largest absolute Gasteiger partial charge is 0.355 e. The highest BCUT2D eigenvalue weighted by Gasteiger charge is 2.00. The van der Waals surface area contributed by atoms with Crippen LogP contribution in [0.1, 0.15) is 5.69 Å². The van der Waals surface area contributed by atoms with Gasteiger partial charge in [0.25, 0.3) is 0 Å². The number of guanidine groups is 1. The van der Waals surface area contributed by atoms with Gasteiger partial charge in [0.15, 0.2) is 5.96 Å². The lowest BCUT2D eigenvalue weighted by molar-refractivity contribution is 0.651. The molecule has 0 atom stereocenters. The van der Waals surface area contributed by atoms with Crippen molar-refractivity contribution in [1.29, 1.82) is 0 Å². The minimum Gasteiger partial charge on any atom is -0.355 e. The number of nitrogens with zero attached hydrogens (tertiary/aromatic N) is 5. The van der Waals surface area contributed by atoms with E-state index in [-0.39, 0.29) is 24.0 Å². The Morgan fingerprint density at radius 2 is 2.20 bits per heavy atom. The number of halogens is 1. The molecule has 0 saturated heterocycles. The fourth-order valence-electron chi connectivity index (χ4n) is 1.69. The fourth-order valence-corrected chi connectivity index (χ4v) is 1.69. The van der Waals surface area contributed by atoms with Crippen LogP contribution in [-0.4, -0.2) is 38.9 Å². The first-order valence-electron chi connectivity index (χ1n) is 6.16. The van der Waals surface area contributed by atoms with Crippen molar-refractivity contribution < 1.29 is 0 Å². The van der Waals surface area contributed by atoms with E-state index >= 15 is 0 Å². The molecule has 110 valence electrons. The van der Waals surface area contributed by atoms with E-state index < -0.39 is 0 Å². The van der Waals surface area contributed by atoms with E-state index in [0.717, 1.165) is 24.7 Å². The summed E-state index contributed by atoms with van der Waals surface area (Å²) < 4.78 is 3.85. The Bertz CT molecular complexity index is 518. The average Bonchev–Trinajstić information content (AvgIpc) is 3.05. The quantitative estimate of drug-likeness (QED) is 0.447. The van der Waals surface area contributed by atoms with Crippen molar-refractivity contribution in [3.63, 3.8) is 0 Å². The zero-order chi connectivity index (χ0) is 13.5. The number of aliphatic imine (C=N–C) groups is 1. The van der Waals surface area contributed by atoms with Gasteiger partial charge in [0.2, 0.25) is 0 Å². The second-order valence-corrected chi connectivity index (χ2v) is 4.10. The molecule has 0 aromatic carbocycles. The predicted octanol–water partition coefficient (Wildman–Crippen LogP) is 0.600. The summed E-state index contributed by atoms with van der Waals surface area (Å²) in [7, 11) is 3.68. The molecular weight excluding hydrogens is 369 g/mol. The van der Waals surface area contributed by atoms with Crippen LogP contribution >= 0.6 is 24.0 Å². The highest BCUT2D eigenvalue weighted by Crippen LogP contribution is 1.94. The Morgan fingerprint density at radius 3 is 2.80 bits per heavy atom. The van der Waals surface area contributed by atoms with Crippen LogP contribution in [0.25, 0.3) is 0 Å². The number of hydrogen-bond donors (Lipinski definition) is 2. The maximum Gasteiger partial charge on any atom is 0.191 e. The smallest absolute Gasteiger partial charge is 0.191 e. The molecule has 0 unspecified atom stereocenters. The molecule has 20 heavy (non-hydrogen) atoms. The molecule has 0 bridgehead atoms. The van der Waals surface area contributed by atoms with E-state index in [1.54, 1.807) is 25.8 Å². The van der Waals surface area contributed by atoms with Crippen LogP contribution in [0, 0.1) is 0 Å². The lowest BCUT2D eigenvalue weighted by atomic mass is 10.4. The SMILES string of the molecule is CN=C(NCCn1ccnc1)NCc1ccnn1C.I. The Kier molecular flexibility index (Phi) is 7.05. The molecular formula is C12H20IN7. The molecule has 0 aliphatic carbocycles. The number of aromatic nitrogens is 4. The van der Waals surface area contributed by atoms with Crippen LogP contribution in [-0.2, 0) is 20.1 Å². The van der Waals surface area contributed by atoms with Crippen LogP contribution in [0.15, 0.2) is 36.0 Å². The van der Waals surface area contributed by atoms with Crippen LogP contribution in [0.3, 0.4) is 0 Å². The van der Waals surface area contributed by atoms with Crippen molar-refractivity contribution >= 4 is 29.9 Å². The second-order valence-electron chi connectivity index (χ2n) is 4.10. The Morgan fingerprint density at radius 1 is 1.35 bits per heavy atom. The molecule has 7 nitrogen and oxygen atoms in total. The molecule has 0 saturated carbocycles. The lowest BCUT2D eigenvalue weighted by Crippen LogP contribution is -2.38. The summed E-state index contributed by atoms with van der Waals surface area (Å²) in [4.78, 5) is 8.18. The standard InChI is InChI=1S/C12H19N7.HI/c1-13-12(15-6-8-19-7-5-14-10-19)16-9-11-3-4-17-18(11)2;/h3-5,7,10H,6,8-9H2,1-2H3,(H2,13,15,16);1H. The van der Waals surface area contributed by atoms with Gasteiger partial charge in [0.05, 0.1) is 18.6 Å². The summed E-state index contributed by atoms with van der Waals surface area (Å²) in [6, 6.07) is 1.98. The van der Waals surface area contributed by atoms with Gasteiger partial charge in [-0.15, -0.1) is 24.0 Å². The second kappa shape index (κ2) is 8.56. The molecule has 2 rings (SSSR count). The van der Waals surface area contributed by atoms with Crippen LogP contribution < -0.4 is 10.6 Å². The van der Waals surface area contributed by atoms with Gasteiger partial charge in [-0.05, 0) is 6.07 Å². The Hall–Kier alpha value is -1.58. The van der Waals surface area contributed by atoms with E-state index in [2.05, 4.69) is 25.7 Å². The fraction of sp³-hybridized carbons (Fsp3) is 0.417. The van der Waals surface area contributed by atoms with Crippen molar-refractivity contribution in [3.8, 4) is 0 Å². The van der Waals surface area contributed by atoms with E-state index in [9.17, 15) is 0 Å². The number of aryl methyl sites for hydroxylation is 1. The van der Waals surface area contributed by atoms with Crippen molar-refractivity contribution in [2.75, 3.05) is 13.6 Å². The van der Waals surface area contributed by atoms with Crippen molar-refractivity contribution in [1.82, 2.24) is 30.0 Å². The van der Waals surface area contributed by atoms with Gasteiger partial charge in [0.1, 0.15) is 0 Å². The minimum atomic E-state index is 0. The molecule has 0 fully saturated rings. The molecule has 8 heteroatoms. The van der Waals surface area contributed by atoms with Gasteiger partial charge < -0.3 is 15.2 Å². The van der Waals surface area contributed by atoms with Crippen LogP contribution in [0.2, 0.25) is 0 Å². The van der Waals surface area contributed by atoms with E-state index in [0.29, 0.717) is 6.54 Å². The monoisotopic (exact) mass is 389 g/mol. The Balaban J connectivity index is 0.00000200. The molecule has 0 amide bonds. The molecule has 2 heterocycles. The summed E-state index contributed by atoms with van der Waals surface area (Å²) in [5.74, 6) is 0.779. The molecule has 0 aliphatic heterocycles. The van der Waals surface area contributed by atoms with E-state index in [1.807, 2.05) is 28.6 Å². The van der Waals surface area contributed by atoms with Gasteiger partial charge >= 0.3 is 0 Å². The third kappa shape index (κ3) is 4.83. The molecule has 0 aliphatic rings. The number of imidazole rings is 1. The maximum atomic E-state index is 4.18. The van der Waals surface area contributed by atoms with E-state index in [4.69, 9.17) is 0 Å². The topological polar surface area (TPSA) is 72.1 Å². The zero-order valence-electron chi connectivity index (χ0n) is 11.7. The van der Waals surface area contributed by atoms with Gasteiger partial charge in [0, 0.05) is 45.8 Å². The third-order valence-corrected chi connectivity index (χ3v) is 2.80.